The Kier molecular flexibility index (Phi) is 7.35. The third-order valence-corrected chi connectivity index (χ3v) is 11.8. The molecule has 0 atom stereocenters. The Hall–Kier alpha value is -7.01. The van der Waals surface area contributed by atoms with Gasteiger partial charge in [-0.25, -0.2) is 15.0 Å². The second-order valence-electron chi connectivity index (χ2n) is 14.0. The number of hydrogen-bond acceptors (Lipinski definition) is 4. The number of fused-ring (bicyclic) bond motifs is 9. The quantitative estimate of drug-likeness (QED) is 0.166. The topological polar surface area (TPSA) is 38.7 Å². The summed E-state index contributed by atoms with van der Waals surface area (Å²) in [6.45, 7) is 0. The first-order chi connectivity index (χ1) is 27.2. The van der Waals surface area contributed by atoms with Crippen LogP contribution in [-0.4, -0.2) is 15.0 Å². The van der Waals surface area contributed by atoms with Gasteiger partial charge in [0.25, 0.3) is 0 Å². The van der Waals surface area contributed by atoms with E-state index in [9.17, 15) is 0 Å². The Morgan fingerprint density at radius 3 is 1.45 bits per heavy atom. The summed E-state index contributed by atoms with van der Waals surface area (Å²) in [7, 11) is 0. The van der Waals surface area contributed by atoms with Crippen molar-refractivity contribution in [2.75, 3.05) is 0 Å². The summed E-state index contributed by atoms with van der Waals surface area (Å²) in [5.41, 5.74) is 7.60. The van der Waals surface area contributed by atoms with Gasteiger partial charge in [-0.15, -0.1) is 11.3 Å². The van der Waals surface area contributed by atoms with E-state index < -0.39 is 0 Å². The molecular formula is C51H31N3S. The molecule has 0 unspecified atom stereocenters. The molecule has 4 heteroatoms. The molecule has 2 aromatic heterocycles. The number of nitrogens with zero attached hydrogens (tertiary/aromatic N) is 3. The van der Waals surface area contributed by atoms with Crippen LogP contribution in [0.1, 0.15) is 0 Å². The Bertz CT molecular complexity index is 3220. The van der Waals surface area contributed by atoms with Gasteiger partial charge in [0.2, 0.25) is 0 Å². The predicted molar refractivity (Wildman–Crippen MR) is 232 cm³/mol. The van der Waals surface area contributed by atoms with Crippen LogP contribution in [0, 0.1) is 0 Å². The second-order valence-corrected chi connectivity index (χ2v) is 15.0. The van der Waals surface area contributed by atoms with Crippen molar-refractivity contribution in [3.63, 3.8) is 0 Å². The highest BCUT2D eigenvalue weighted by Crippen LogP contribution is 2.43. The van der Waals surface area contributed by atoms with E-state index in [1.807, 2.05) is 35.6 Å². The zero-order valence-corrected chi connectivity index (χ0v) is 30.5. The lowest BCUT2D eigenvalue weighted by molar-refractivity contribution is 1.07. The first-order valence-corrected chi connectivity index (χ1v) is 19.3. The highest BCUT2D eigenvalue weighted by Gasteiger charge is 2.17. The molecule has 0 aliphatic heterocycles. The van der Waals surface area contributed by atoms with Gasteiger partial charge < -0.3 is 0 Å². The van der Waals surface area contributed by atoms with Gasteiger partial charge in [0.15, 0.2) is 17.5 Å². The lowest BCUT2D eigenvalue weighted by atomic mass is 9.91. The molecule has 0 bridgehead atoms. The van der Waals surface area contributed by atoms with Crippen LogP contribution in [0.3, 0.4) is 0 Å². The van der Waals surface area contributed by atoms with Gasteiger partial charge >= 0.3 is 0 Å². The molecule has 0 radical (unpaired) electrons. The Balaban J connectivity index is 1.06. The summed E-state index contributed by atoms with van der Waals surface area (Å²) in [6, 6.07) is 66.9. The molecule has 0 amide bonds. The minimum Gasteiger partial charge on any atom is -0.208 e. The molecule has 0 aliphatic rings. The Morgan fingerprint density at radius 1 is 0.273 bits per heavy atom. The molecule has 0 saturated heterocycles. The molecule has 0 saturated carbocycles. The van der Waals surface area contributed by atoms with Gasteiger partial charge in [0, 0.05) is 36.9 Å². The van der Waals surface area contributed by atoms with E-state index in [1.165, 1.54) is 63.6 Å². The maximum Gasteiger partial charge on any atom is 0.164 e. The molecule has 2 heterocycles. The Morgan fingerprint density at radius 2 is 0.764 bits per heavy atom. The van der Waals surface area contributed by atoms with Gasteiger partial charge in [-0.3, -0.25) is 0 Å². The van der Waals surface area contributed by atoms with Gasteiger partial charge in [0.1, 0.15) is 0 Å². The monoisotopic (exact) mass is 717 g/mol. The molecule has 11 aromatic rings. The van der Waals surface area contributed by atoms with Crippen molar-refractivity contribution in [1.29, 1.82) is 0 Å². The van der Waals surface area contributed by atoms with Crippen molar-refractivity contribution < 1.29 is 0 Å². The third kappa shape index (κ3) is 5.38. The summed E-state index contributed by atoms with van der Waals surface area (Å²) in [5, 5.41) is 10.2. The van der Waals surface area contributed by atoms with Crippen molar-refractivity contribution in [3.8, 4) is 56.4 Å². The van der Waals surface area contributed by atoms with Crippen LogP contribution >= 0.6 is 11.3 Å². The summed E-state index contributed by atoms with van der Waals surface area (Å²) in [5.74, 6) is 1.96. The molecule has 0 spiro atoms. The molecule has 0 fully saturated rings. The van der Waals surface area contributed by atoms with Crippen molar-refractivity contribution in [3.05, 3.63) is 188 Å². The van der Waals surface area contributed by atoms with Crippen LogP contribution in [0.25, 0.3) is 109 Å². The molecule has 0 N–H and O–H groups in total. The zero-order valence-electron chi connectivity index (χ0n) is 29.6. The van der Waals surface area contributed by atoms with E-state index in [0.29, 0.717) is 17.5 Å². The minimum atomic E-state index is 0.650. The third-order valence-electron chi connectivity index (χ3n) is 10.7. The van der Waals surface area contributed by atoms with Gasteiger partial charge in [-0.2, -0.15) is 0 Å². The van der Waals surface area contributed by atoms with Crippen molar-refractivity contribution >= 4 is 63.8 Å². The smallest absolute Gasteiger partial charge is 0.164 e. The zero-order chi connectivity index (χ0) is 36.3. The first kappa shape index (κ1) is 31.5. The minimum absolute atomic E-state index is 0.650. The summed E-state index contributed by atoms with van der Waals surface area (Å²) >= 11 is 1.82. The average molecular weight is 718 g/mol. The fourth-order valence-electron chi connectivity index (χ4n) is 8.10. The standard InChI is InChI=1S/C51H31N3S/c1-3-13-32(14-4-1)34-17-11-18-36(29-34)50-52-49(33-15-5-2-6-16-33)53-51(54-50)37-26-28-44-47(31-37)55-46-24-12-23-38(48(44)46)35-25-27-43-41-21-8-7-19-39(41)40-20-9-10-22-42(40)45(43)30-35/h1-31H. The summed E-state index contributed by atoms with van der Waals surface area (Å²) in [6.07, 6.45) is 0. The average Bonchev–Trinajstić information content (AvgIpc) is 3.65. The number of aromatic nitrogens is 3. The molecule has 0 aliphatic carbocycles. The highest BCUT2D eigenvalue weighted by atomic mass is 32.1. The largest absolute Gasteiger partial charge is 0.208 e. The number of benzene rings is 9. The maximum absolute atomic E-state index is 5.12. The van der Waals surface area contributed by atoms with Crippen LogP contribution < -0.4 is 0 Å². The summed E-state index contributed by atoms with van der Waals surface area (Å²) in [4.78, 5) is 15.2. The van der Waals surface area contributed by atoms with Crippen LogP contribution in [-0.2, 0) is 0 Å². The molecule has 55 heavy (non-hydrogen) atoms. The maximum atomic E-state index is 5.12. The number of hydrogen-bond donors (Lipinski definition) is 0. The second kappa shape index (κ2) is 12.8. The van der Waals surface area contributed by atoms with Crippen LogP contribution in [0.2, 0.25) is 0 Å². The fraction of sp³-hybridized carbons (Fsp3) is 0. The number of rotatable bonds is 5. The first-order valence-electron chi connectivity index (χ1n) is 18.5. The lowest BCUT2D eigenvalue weighted by Crippen LogP contribution is -2.00. The predicted octanol–water partition coefficient (Wildman–Crippen LogP) is 14.0. The molecule has 9 aromatic carbocycles. The summed E-state index contributed by atoms with van der Waals surface area (Å²) < 4.78 is 2.46. The SMILES string of the molecule is c1ccc(-c2cccc(-c3nc(-c4ccccc4)nc(-c4ccc5c(c4)sc4cccc(-c6ccc7c8ccccc8c8ccccc8c7c6)c45)n3)c2)cc1. The van der Waals surface area contributed by atoms with Gasteiger partial charge in [0.05, 0.1) is 0 Å². The normalized spacial score (nSPS) is 11.6. The Labute approximate surface area is 321 Å². The van der Waals surface area contributed by atoms with Crippen molar-refractivity contribution in [1.82, 2.24) is 15.0 Å². The highest BCUT2D eigenvalue weighted by molar-refractivity contribution is 7.26. The molecular weight excluding hydrogens is 687 g/mol. The van der Waals surface area contributed by atoms with E-state index in [-0.39, 0.29) is 0 Å². The molecule has 11 rings (SSSR count). The van der Waals surface area contributed by atoms with E-state index in [0.717, 1.165) is 27.8 Å². The van der Waals surface area contributed by atoms with E-state index in [4.69, 9.17) is 15.0 Å². The fourth-order valence-corrected chi connectivity index (χ4v) is 9.27. The van der Waals surface area contributed by atoms with E-state index >= 15 is 0 Å². The number of thiophene rings is 1. The van der Waals surface area contributed by atoms with Gasteiger partial charge in [-0.1, -0.05) is 164 Å². The van der Waals surface area contributed by atoms with Crippen molar-refractivity contribution in [2.45, 2.75) is 0 Å². The molecule has 3 nitrogen and oxygen atoms in total. The van der Waals surface area contributed by atoms with Crippen molar-refractivity contribution in [2.24, 2.45) is 0 Å². The van der Waals surface area contributed by atoms with Crippen LogP contribution in [0.15, 0.2) is 188 Å². The van der Waals surface area contributed by atoms with Crippen LogP contribution in [0.4, 0.5) is 0 Å². The van der Waals surface area contributed by atoms with Gasteiger partial charge in [-0.05, 0) is 78.8 Å². The molecule has 256 valence electrons. The lowest BCUT2D eigenvalue weighted by Gasteiger charge is -2.12. The van der Waals surface area contributed by atoms with Crippen LogP contribution in [0.5, 0.6) is 0 Å². The van der Waals surface area contributed by atoms with E-state index in [1.54, 1.807) is 0 Å². The van der Waals surface area contributed by atoms with E-state index in [2.05, 4.69) is 164 Å².